The second-order valence-corrected chi connectivity index (χ2v) is 4.41. The maximum absolute atomic E-state index is 12.3. The van der Waals surface area contributed by atoms with Crippen LogP contribution in [0.5, 0.6) is 5.75 Å². The van der Waals surface area contributed by atoms with E-state index in [1.165, 1.54) is 0 Å². The summed E-state index contributed by atoms with van der Waals surface area (Å²) >= 11 is 0. The number of carbonyl (C=O) groups excluding carboxylic acids is 1. The number of ketones is 1. The highest BCUT2D eigenvalue weighted by molar-refractivity contribution is 6.11. The highest BCUT2D eigenvalue weighted by atomic mass is 16.5. The lowest BCUT2D eigenvalue weighted by Crippen LogP contribution is -2.07. The van der Waals surface area contributed by atoms with Gasteiger partial charge in [0, 0.05) is 6.42 Å². The zero-order valence-corrected chi connectivity index (χ0v) is 11.3. The number of Topliss-reactive ketones (excluding diaryl/α,β-unsaturated/α-hetero) is 1. The van der Waals surface area contributed by atoms with E-state index in [0.29, 0.717) is 17.9 Å². The number of carboxylic acids is 1. The zero-order valence-electron chi connectivity index (χ0n) is 11.3. The standard InChI is InChI=1S/C16H16O4/c1-2-20-14-9-7-11-5-3-4-6-12(11)16(14)13(17)8-10-15(18)19/h3-7,9H,2,8,10H2,1H3,(H,18,19). The molecule has 0 saturated heterocycles. The van der Waals surface area contributed by atoms with E-state index in [1.807, 2.05) is 37.3 Å². The molecule has 0 radical (unpaired) electrons. The van der Waals surface area contributed by atoms with E-state index in [1.54, 1.807) is 6.07 Å². The van der Waals surface area contributed by atoms with Gasteiger partial charge in [-0.1, -0.05) is 30.3 Å². The van der Waals surface area contributed by atoms with Gasteiger partial charge in [-0.05, 0) is 23.8 Å². The highest BCUT2D eigenvalue weighted by Crippen LogP contribution is 2.29. The van der Waals surface area contributed by atoms with E-state index in [9.17, 15) is 9.59 Å². The van der Waals surface area contributed by atoms with Crippen molar-refractivity contribution < 1.29 is 19.4 Å². The molecular formula is C16H16O4. The van der Waals surface area contributed by atoms with Gasteiger partial charge in [0.2, 0.25) is 0 Å². The number of ether oxygens (including phenoxy) is 1. The summed E-state index contributed by atoms with van der Waals surface area (Å²) in [4.78, 5) is 22.9. The molecule has 2 aromatic rings. The number of carbonyl (C=O) groups is 2. The summed E-state index contributed by atoms with van der Waals surface area (Å²) in [7, 11) is 0. The molecule has 0 aromatic heterocycles. The number of benzene rings is 2. The second kappa shape index (κ2) is 6.19. The molecule has 0 unspecified atom stereocenters. The molecule has 104 valence electrons. The van der Waals surface area contributed by atoms with Gasteiger partial charge < -0.3 is 9.84 Å². The Morgan fingerprint density at radius 3 is 2.55 bits per heavy atom. The van der Waals surface area contributed by atoms with Crippen LogP contribution in [-0.4, -0.2) is 23.5 Å². The van der Waals surface area contributed by atoms with Crippen molar-refractivity contribution in [2.45, 2.75) is 19.8 Å². The van der Waals surface area contributed by atoms with Gasteiger partial charge in [-0.3, -0.25) is 9.59 Å². The lowest BCUT2D eigenvalue weighted by atomic mass is 9.98. The van der Waals surface area contributed by atoms with Crippen LogP contribution in [0.15, 0.2) is 36.4 Å². The molecule has 0 atom stereocenters. The quantitative estimate of drug-likeness (QED) is 0.819. The van der Waals surface area contributed by atoms with Gasteiger partial charge in [-0.2, -0.15) is 0 Å². The lowest BCUT2D eigenvalue weighted by Gasteiger charge is -2.12. The van der Waals surface area contributed by atoms with Gasteiger partial charge in [-0.15, -0.1) is 0 Å². The summed E-state index contributed by atoms with van der Waals surface area (Å²) in [5, 5.41) is 10.5. The first-order valence-electron chi connectivity index (χ1n) is 6.53. The summed E-state index contributed by atoms with van der Waals surface area (Å²) in [6.07, 6.45) is -0.197. The fourth-order valence-electron chi connectivity index (χ4n) is 2.16. The van der Waals surface area contributed by atoms with E-state index < -0.39 is 5.97 Å². The summed E-state index contributed by atoms with van der Waals surface area (Å²) in [6.45, 7) is 2.30. The Morgan fingerprint density at radius 1 is 1.10 bits per heavy atom. The van der Waals surface area contributed by atoms with Gasteiger partial charge in [0.05, 0.1) is 18.6 Å². The van der Waals surface area contributed by atoms with Gasteiger partial charge in [0.15, 0.2) is 5.78 Å². The minimum atomic E-state index is -0.975. The molecule has 0 aliphatic carbocycles. The molecule has 0 amide bonds. The van der Waals surface area contributed by atoms with Crippen molar-refractivity contribution in [3.8, 4) is 5.75 Å². The minimum absolute atomic E-state index is 0.0244. The summed E-state index contributed by atoms with van der Waals surface area (Å²) in [5.41, 5.74) is 0.478. The lowest BCUT2D eigenvalue weighted by molar-refractivity contribution is -0.136. The third kappa shape index (κ3) is 2.96. The van der Waals surface area contributed by atoms with Crippen LogP contribution in [0, 0.1) is 0 Å². The van der Waals surface area contributed by atoms with Crippen LogP contribution in [-0.2, 0) is 4.79 Å². The monoisotopic (exact) mass is 272 g/mol. The van der Waals surface area contributed by atoms with Gasteiger partial charge >= 0.3 is 5.97 Å². The van der Waals surface area contributed by atoms with Gasteiger partial charge in [0.1, 0.15) is 5.75 Å². The summed E-state index contributed by atoms with van der Waals surface area (Å²) < 4.78 is 5.50. The van der Waals surface area contributed by atoms with Crippen LogP contribution >= 0.6 is 0 Å². The Hall–Kier alpha value is -2.36. The van der Waals surface area contributed by atoms with Crippen LogP contribution in [0.4, 0.5) is 0 Å². The van der Waals surface area contributed by atoms with Crippen LogP contribution in [0.25, 0.3) is 10.8 Å². The van der Waals surface area contributed by atoms with Crippen molar-refractivity contribution in [3.05, 3.63) is 42.0 Å². The molecule has 0 saturated carbocycles. The van der Waals surface area contributed by atoms with Crippen molar-refractivity contribution in [2.24, 2.45) is 0 Å². The molecule has 20 heavy (non-hydrogen) atoms. The Bertz CT molecular complexity index is 646. The Morgan fingerprint density at radius 2 is 1.85 bits per heavy atom. The predicted molar refractivity (Wildman–Crippen MR) is 76.3 cm³/mol. The minimum Gasteiger partial charge on any atom is -0.493 e. The fourth-order valence-corrected chi connectivity index (χ4v) is 2.16. The largest absolute Gasteiger partial charge is 0.493 e. The molecule has 0 aliphatic rings. The van der Waals surface area contributed by atoms with Gasteiger partial charge in [-0.25, -0.2) is 0 Å². The van der Waals surface area contributed by atoms with Gasteiger partial charge in [0.25, 0.3) is 0 Å². The molecule has 0 heterocycles. The van der Waals surface area contributed by atoms with E-state index in [0.717, 1.165) is 10.8 Å². The third-order valence-electron chi connectivity index (χ3n) is 3.04. The molecule has 2 aromatic carbocycles. The van der Waals surface area contributed by atoms with E-state index >= 15 is 0 Å². The van der Waals surface area contributed by atoms with Crippen LogP contribution in [0.3, 0.4) is 0 Å². The van der Waals surface area contributed by atoms with Crippen molar-refractivity contribution in [3.63, 3.8) is 0 Å². The first-order chi connectivity index (χ1) is 9.63. The highest BCUT2D eigenvalue weighted by Gasteiger charge is 2.17. The number of rotatable bonds is 6. The maximum atomic E-state index is 12.3. The fraction of sp³-hybridized carbons (Fsp3) is 0.250. The molecule has 0 fully saturated rings. The first-order valence-corrected chi connectivity index (χ1v) is 6.53. The van der Waals surface area contributed by atoms with Crippen LogP contribution in [0.1, 0.15) is 30.1 Å². The average molecular weight is 272 g/mol. The summed E-state index contributed by atoms with van der Waals surface area (Å²) in [6, 6.07) is 11.2. The van der Waals surface area contributed by atoms with E-state index in [2.05, 4.69) is 0 Å². The Labute approximate surface area is 117 Å². The normalized spacial score (nSPS) is 10.4. The van der Waals surface area contributed by atoms with Crippen molar-refractivity contribution in [2.75, 3.05) is 6.61 Å². The van der Waals surface area contributed by atoms with E-state index in [-0.39, 0.29) is 18.6 Å². The number of hydrogen-bond acceptors (Lipinski definition) is 3. The molecule has 2 rings (SSSR count). The van der Waals surface area contributed by atoms with Crippen molar-refractivity contribution in [1.29, 1.82) is 0 Å². The molecule has 1 N–H and O–H groups in total. The van der Waals surface area contributed by atoms with Crippen molar-refractivity contribution in [1.82, 2.24) is 0 Å². The number of fused-ring (bicyclic) bond motifs is 1. The topological polar surface area (TPSA) is 63.6 Å². The average Bonchev–Trinajstić information content (AvgIpc) is 2.45. The van der Waals surface area contributed by atoms with Crippen LogP contribution < -0.4 is 4.74 Å². The number of hydrogen-bond donors (Lipinski definition) is 1. The molecule has 0 bridgehead atoms. The summed E-state index contributed by atoms with van der Waals surface area (Å²) in [5.74, 6) is -0.661. The SMILES string of the molecule is CCOc1ccc2ccccc2c1C(=O)CCC(=O)O. The Balaban J connectivity index is 2.48. The van der Waals surface area contributed by atoms with Crippen LogP contribution in [0.2, 0.25) is 0 Å². The molecule has 0 spiro atoms. The second-order valence-electron chi connectivity index (χ2n) is 4.41. The predicted octanol–water partition coefficient (Wildman–Crippen LogP) is 3.29. The molecular weight excluding hydrogens is 256 g/mol. The molecule has 4 heteroatoms. The van der Waals surface area contributed by atoms with Crippen molar-refractivity contribution >= 4 is 22.5 Å². The Kier molecular flexibility index (Phi) is 4.35. The first kappa shape index (κ1) is 14.1. The van der Waals surface area contributed by atoms with E-state index in [4.69, 9.17) is 9.84 Å². The maximum Gasteiger partial charge on any atom is 0.303 e. The number of carboxylic acid groups (broad SMARTS) is 1. The third-order valence-corrected chi connectivity index (χ3v) is 3.04. The molecule has 4 nitrogen and oxygen atoms in total. The number of aliphatic carboxylic acids is 1. The zero-order chi connectivity index (χ0) is 14.5. The molecule has 0 aliphatic heterocycles. The smallest absolute Gasteiger partial charge is 0.303 e.